The summed E-state index contributed by atoms with van der Waals surface area (Å²) in [6, 6.07) is 15.4. The highest BCUT2D eigenvalue weighted by Crippen LogP contribution is 2.28. The average Bonchev–Trinajstić information content (AvgIpc) is 3.20. The van der Waals surface area contributed by atoms with E-state index in [2.05, 4.69) is 4.90 Å². The van der Waals surface area contributed by atoms with Crippen molar-refractivity contribution in [2.24, 2.45) is 5.92 Å². The lowest BCUT2D eigenvalue weighted by Crippen LogP contribution is -2.50. The summed E-state index contributed by atoms with van der Waals surface area (Å²) in [7, 11) is 3.27. The van der Waals surface area contributed by atoms with Crippen LogP contribution in [-0.2, 0) is 9.59 Å². The van der Waals surface area contributed by atoms with Gasteiger partial charge in [0.05, 0.1) is 20.1 Å². The molecule has 2 heterocycles. The van der Waals surface area contributed by atoms with Gasteiger partial charge in [0.1, 0.15) is 11.5 Å². The number of benzene rings is 2. The van der Waals surface area contributed by atoms with Crippen molar-refractivity contribution in [1.29, 1.82) is 0 Å². The third-order valence-corrected chi connectivity index (χ3v) is 5.89. The zero-order valence-corrected chi connectivity index (χ0v) is 17.4. The highest BCUT2D eigenvalue weighted by Gasteiger charge is 2.38. The fraction of sp³-hybridized carbons (Fsp3) is 0.391. The first kappa shape index (κ1) is 20.1. The Morgan fingerprint density at radius 2 is 1.37 bits per heavy atom. The van der Waals surface area contributed by atoms with Crippen LogP contribution in [0.5, 0.6) is 11.5 Å². The Hall–Kier alpha value is -3.22. The first-order chi connectivity index (χ1) is 14.6. The number of piperazine rings is 1. The first-order valence-corrected chi connectivity index (χ1v) is 10.2. The zero-order valence-electron chi connectivity index (χ0n) is 17.4. The number of anilines is 2. The van der Waals surface area contributed by atoms with Crippen LogP contribution in [-0.4, -0.2) is 63.7 Å². The van der Waals surface area contributed by atoms with Crippen LogP contribution in [0.2, 0.25) is 0 Å². The quantitative estimate of drug-likeness (QED) is 0.759. The van der Waals surface area contributed by atoms with E-state index in [1.165, 1.54) is 0 Å². The van der Waals surface area contributed by atoms with Crippen molar-refractivity contribution in [3.05, 3.63) is 48.5 Å². The molecular weight excluding hydrogens is 382 g/mol. The summed E-state index contributed by atoms with van der Waals surface area (Å²) in [5.41, 5.74) is 1.94. The van der Waals surface area contributed by atoms with E-state index in [0.29, 0.717) is 19.6 Å². The summed E-state index contributed by atoms with van der Waals surface area (Å²) < 4.78 is 10.4. The molecule has 2 aliphatic heterocycles. The number of carbonyl (C=O) groups is 2. The van der Waals surface area contributed by atoms with Crippen LogP contribution >= 0.6 is 0 Å². The molecule has 0 aromatic heterocycles. The van der Waals surface area contributed by atoms with E-state index in [4.69, 9.17) is 9.47 Å². The topological polar surface area (TPSA) is 62.3 Å². The van der Waals surface area contributed by atoms with E-state index in [1.54, 1.807) is 19.1 Å². The molecule has 158 valence electrons. The lowest BCUT2D eigenvalue weighted by atomic mass is 10.1. The Labute approximate surface area is 176 Å². The van der Waals surface area contributed by atoms with E-state index in [0.717, 1.165) is 36.0 Å². The Morgan fingerprint density at radius 1 is 0.833 bits per heavy atom. The highest BCUT2D eigenvalue weighted by molar-refractivity contribution is 6.00. The number of carbonyl (C=O) groups excluding carboxylic acids is 2. The van der Waals surface area contributed by atoms with Gasteiger partial charge in [0, 0.05) is 50.5 Å². The predicted octanol–water partition coefficient (Wildman–Crippen LogP) is 2.41. The molecule has 0 radical (unpaired) electrons. The van der Waals surface area contributed by atoms with Crippen molar-refractivity contribution >= 4 is 23.2 Å². The van der Waals surface area contributed by atoms with Crippen molar-refractivity contribution in [3.63, 3.8) is 0 Å². The number of ether oxygens (including phenoxy) is 2. The lowest BCUT2D eigenvalue weighted by molar-refractivity contribution is -0.136. The molecule has 1 atom stereocenters. The lowest BCUT2D eigenvalue weighted by Gasteiger charge is -2.37. The third kappa shape index (κ3) is 4.06. The van der Waals surface area contributed by atoms with Crippen LogP contribution in [0, 0.1) is 5.92 Å². The number of hydrogen-bond donors (Lipinski definition) is 0. The smallest absolute Gasteiger partial charge is 0.228 e. The van der Waals surface area contributed by atoms with E-state index in [9.17, 15) is 9.59 Å². The second kappa shape index (κ2) is 8.65. The van der Waals surface area contributed by atoms with Crippen molar-refractivity contribution in [3.8, 4) is 11.5 Å². The van der Waals surface area contributed by atoms with Crippen LogP contribution in [0.15, 0.2) is 48.5 Å². The van der Waals surface area contributed by atoms with Gasteiger partial charge in [-0.1, -0.05) is 0 Å². The van der Waals surface area contributed by atoms with Crippen molar-refractivity contribution in [2.45, 2.75) is 6.42 Å². The molecule has 0 unspecified atom stereocenters. The second-order valence-electron chi connectivity index (χ2n) is 7.61. The predicted molar refractivity (Wildman–Crippen MR) is 115 cm³/mol. The van der Waals surface area contributed by atoms with Crippen molar-refractivity contribution in [1.82, 2.24) is 4.90 Å². The molecule has 2 saturated heterocycles. The molecule has 7 heteroatoms. The van der Waals surface area contributed by atoms with Gasteiger partial charge in [-0.05, 0) is 48.5 Å². The molecule has 0 N–H and O–H groups in total. The molecule has 2 fully saturated rings. The fourth-order valence-electron chi connectivity index (χ4n) is 4.12. The van der Waals surface area contributed by atoms with Crippen LogP contribution in [0.1, 0.15) is 6.42 Å². The Balaban J connectivity index is 1.34. The minimum Gasteiger partial charge on any atom is -0.497 e. The summed E-state index contributed by atoms with van der Waals surface area (Å²) in [6.45, 7) is 3.32. The van der Waals surface area contributed by atoms with Gasteiger partial charge in [-0.25, -0.2) is 0 Å². The largest absolute Gasteiger partial charge is 0.497 e. The van der Waals surface area contributed by atoms with Gasteiger partial charge in [-0.15, -0.1) is 0 Å². The van der Waals surface area contributed by atoms with Gasteiger partial charge in [0.2, 0.25) is 11.8 Å². The summed E-state index contributed by atoms with van der Waals surface area (Å²) >= 11 is 0. The molecule has 0 spiro atoms. The molecule has 0 aliphatic carbocycles. The number of nitrogens with zero attached hydrogens (tertiary/aromatic N) is 3. The third-order valence-electron chi connectivity index (χ3n) is 5.89. The van der Waals surface area contributed by atoms with Crippen LogP contribution in [0.3, 0.4) is 0 Å². The fourth-order valence-corrected chi connectivity index (χ4v) is 4.12. The molecule has 4 rings (SSSR count). The maximum atomic E-state index is 13.0. The highest BCUT2D eigenvalue weighted by atomic mass is 16.5. The molecule has 2 aromatic carbocycles. The van der Waals surface area contributed by atoms with Gasteiger partial charge >= 0.3 is 0 Å². The summed E-state index contributed by atoms with van der Waals surface area (Å²) in [6.07, 6.45) is 0.267. The van der Waals surface area contributed by atoms with E-state index >= 15 is 0 Å². The molecule has 2 aromatic rings. The van der Waals surface area contributed by atoms with Gasteiger partial charge < -0.3 is 24.2 Å². The normalized spacial score (nSPS) is 19.2. The standard InChI is InChI=1S/C23H27N3O4/c1-29-20-7-3-18(4-8-20)24-11-13-25(14-12-24)23(28)17-15-22(27)26(16-17)19-5-9-21(30-2)10-6-19/h3-10,17H,11-16H2,1-2H3/t17-/m1/s1. The Kier molecular flexibility index (Phi) is 5.79. The number of methoxy groups -OCH3 is 2. The van der Waals surface area contributed by atoms with Crippen LogP contribution in [0.4, 0.5) is 11.4 Å². The Bertz CT molecular complexity index is 890. The summed E-state index contributed by atoms with van der Waals surface area (Å²) in [5, 5.41) is 0. The molecular formula is C23H27N3O4. The average molecular weight is 409 g/mol. The van der Waals surface area contributed by atoms with Gasteiger partial charge in [-0.3, -0.25) is 9.59 Å². The van der Waals surface area contributed by atoms with Crippen molar-refractivity contribution in [2.75, 3.05) is 56.7 Å². The summed E-state index contributed by atoms with van der Waals surface area (Å²) in [5.74, 6) is 1.36. The van der Waals surface area contributed by atoms with E-state index < -0.39 is 0 Å². The Morgan fingerprint density at radius 3 is 1.90 bits per heavy atom. The molecule has 2 aliphatic rings. The van der Waals surface area contributed by atoms with E-state index in [-0.39, 0.29) is 24.2 Å². The molecule has 30 heavy (non-hydrogen) atoms. The molecule has 7 nitrogen and oxygen atoms in total. The maximum absolute atomic E-state index is 13.0. The SMILES string of the molecule is COc1ccc(N2CCN(C(=O)[C@@H]3CC(=O)N(c4ccc(OC)cc4)C3)CC2)cc1. The van der Waals surface area contributed by atoms with Gasteiger partial charge in [0.25, 0.3) is 0 Å². The first-order valence-electron chi connectivity index (χ1n) is 10.2. The zero-order chi connectivity index (χ0) is 21.1. The van der Waals surface area contributed by atoms with Gasteiger partial charge in [-0.2, -0.15) is 0 Å². The molecule has 0 saturated carbocycles. The van der Waals surface area contributed by atoms with Crippen molar-refractivity contribution < 1.29 is 19.1 Å². The number of amides is 2. The van der Waals surface area contributed by atoms with Crippen LogP contribution < -0.4 is 19.3 Å². The number of hydrogen-bond acceptors (Lipinski definition) is 5. The maximum Gasteiger partial charge on any atom is 0.228 e. The number of rotatable bonds is 5. The molecule has 2 amide bonds. The second-order valence-corrected chi connectivity index (χ2v) is 7.61. The summed E-state index contributed by atoms with van der Waals surface area (Å²) in [4.78, 5) is 31.4. The van der Waals surface area contributed by atoms with Gasteiger partial charge in [0.15, 0.2) is 0 Å². The monoisotopic (exact) mass is 409 g/mol. The van der Waals surface area contributed by atoms with E-state index in [1.807, 2.05) is 53.4 Å². The van der Waals surface area contributed by atoms with Crippen LogP contribution in [0.25, 0.3) is 0 Å². The minimum absolute atomic E-state index is 0.00427. The minimum atomic E-state index is -0.285. The molecule has 0 bridgehead atoms.